The SMILES string of the molecule is CCN(/C=C1\C(=O)O[C@H](COC)[C@@]2(C)C1=C(O)C(=O)C1=C2[C@H](OC(=O)CCCCCCC(=O)O[C@@H]2CC[C@@H](C[C@@H](C)[C@@H]3CC(=O)[C@H](C)/C=C(\C)[C@@H](O)[C@@H](OC)C(=O)[C@H](C)C[C@H](C)/C=C/C=C/C=C(\C)[C@@H](OC)C[C@@H]4CC[C@@H](C)[C@@](O)(O4)C(=O)C(=O)N4CCCC[C@H]4C(=O)O3)C[C@H]2OC)C[C@]2(C)C(=O)CC[C@@H]12)CCN(C)C. The number of piperidine rings is 1. The predicted octanol–water partition coefficient (Wildman–Crippen LogP) is 10.4. The minimum Gasteiger partial charge on any atom is -0.504 e. The highest BCUT2D eigenvalue weighted by Crippen LogP contribution is 2.63. The Hall–Kier alpha value is -6.84. The van der Waals surface area contributed by atoms with Crippen molar-refractivity contribution in [2.75, 3.05) is 75.3 Å². The lowest BCUT2D eigenvalue weighted by molar-refractivity contribution is -0.265. The van der Waals surface area contributed by atoms with Gasteiger partial charge in [-0.2, -0.15) is 0 Å². The smallest absolute Gasteiger partial charge is 0.340 e. The number of esters is 4. The minimum absolute atomic E-state index is 0.0109. The average Bonchev–Trinajstić information content (AvgIpc) is 1.67. The number of ketones is 5. The molecule has 3 N–H and O–H groups in total. The first-order valence-corrected chi connectivity index (χ1v) is 40.6. The van der Waals surface area contributed by atoms with Crippen LogP contribution in [-0.4, -0.2) is 231 Å². The van der Waals surface area contributed by atoms with Gasteiger partial charge in [-0.3, -0.25) is 38.4 Å². The van der Waals surface area contributed by atoms with Crippen LogP contribution in [0.5, 0.6) is 0 Å². The van der Waals surface area contributed by atoms with Crippen LogP contribution in [0, 0.1) is 52.3 Å². The fourth-order valence-electron chi connectivity index (χ4n) is 18.3. The second-order valence-electron chi connectivity index (χ2n) is 33.5. The van der Waals surface area contributed by atoms with E-state index in [1.807, 2.05) is 82.0 Å². The van der Waals surface area contributed by atoms with Crippen molar-refractivity contribution in [2.45, 2.75) is 271 Å². The maximum absolute atomic E-state index is 14.8. The van der Waals surface area contributed by atoms with Crippen LogP contribution in [0.3, 0.4) is 0 Å². The van der Waals surface area contributed by atoms with Crippen molar-refractivity contribution in [3.8, 4) is 0 Å². The first kappa shape index (κ1) is 89.7. The summed E-state index contributed by atoms with van der Waals surface area (Å²) in [5.41, 5.74) is -0.584. The first-order chi connectivity index (χ1) is 52.6. The monoisotopic (exact) mass is 1550 g/mol. The number of rotatable bonds is 22. The lowest BCUT2D eigenvalue weighted by Crippen LogP contribution is -2.61. The molecule has 0 aromatic heterocycles. The molecular weight excluding hydrogens is 1430 g/mol. The molecule has 0 aromatic rings. The number of amides is 1. The number of nitrogens with zero attached hydrogens (tertiary/aromatic N) is 3. The number of allylic oxidation sites excluding steroid dienone is 7. The Morgan fingerprint density at radius 1 is 0.784 bits per heavy atom. The normalized spacial score (nSPS) is 36.2. The van der Waals surface area contributed by atoms with Gasteiger partial charge in [0.2, 0.25) is 11.6 Å². The van der Waals surface area contributed by atoms with E-state index in [1.165, 1.54) is 19.1 Å². The summed E-state index contributed by atoms with van der Waals surface area (Å²) >= 11 is 0. The van der Waals surface area contributed by atoms with Gasteiger partial charge in [0, 0.05) is 140 Å². The summed E-state index contributed by atoms with van der Waals surface area (Å²) in [5.74, 6) is -12.5. The van der Waals surface area contributed by atoms with Crippen LogP contribution in [-0.2, 0) is 90.6 Å². The number of fused-ring (bicyclic) bond motifs is 7. The van der Waals surface area contributed by atoms with Crippen molar-refractivity contribution >= 4 is 58.7 Å². The van der Waals surface area contributed by atoms with E-state index in [1.54, 1.807) is 68.0 Å². The summed E-state index contributed by atoms with van der Waals surface area (Å²) in [4.78, 5) is 148. The van der Waals surface area contributed by atoms with Crippen molar-refractivity contribution in [1.29, 1.82) is 0 Å². The quantitative estimate of drug-likeness (QED) is 0.0226. The van der Waals surface area contributed by atoms with Crippen LogP contribution < -0.4 is 0 Å². The number of likely N-dealkylation sites (N-methyl/N-ethyl adjacent to an activating group) is 2. The summed E-state index contributed by atoms with van der Waals surface area (Å²) in [5, 5.41) is 36.0. The third kappa shape index (κ3) is 21.0. The van der Waals surface area contributed by atoms with Gasteiger partial charge < -0.3 is 72.7 Å². The summed E-state index contributed by atoms with van der Waals surface area (Å²) in [6.45, 7) is 19.6. The van der Waals surface area contributed by atoms with Crippen LogP contribution in [0.4, 0.5) is 0 Å². The Balaban J connectivity index is 0.913. The summed E-state index contributed by atoms with van der Waals surface area (Å²) in [7, 11) is 9.79. The highest BCUT2D eigenvalue weighted by atomic mass is 16.6. The summed E-state index contributed by atoms with van der Waals surface area (Å²) in [6.07, 6.45) is 11.8. The topological polar surface area (TPSA) is 324 Å². The number of hydrogen-bond acceptors (Lipinski definition) is 24. The molecule has 618 valence electrons. The van der Waals surface area contributed by atoms with Gasteiger partial charge in [0.1, 0.15) is 54.2 Å². The van der Waals surface area contributed by atoms with Gasteiger partial charge >= 0.3 is 23.9 Å². The summed E-state index contributed by atoms with van der Waals surface area (Å²) < 4.78 is 54.5. The van der Waals surface area contributed by atoms with Crippen molar-refractivity contribution in [1.82, 2.24) is 14.7 Å². The van der Waals surface area contributed by atoms with Gasteiger partial charge in [-0.1, -0.05) is 90.8 Å². The number of carbonyl (C=O) groups excluding carboxylic acids is 10. The van der Waals surface area contributed by atoms with E-state index < -0.39 is 154 Å². The Morgan fingerprint density at radius 3 is 2.14 bits per heavy atom. The average molecular weight is 1550 g/mol. The molecule has 3 saturated heterocycles. The second kappa shape index (κ2) is 40.0. The summed E-state index contributed by atoms with van der Waals surface area (Å²) in [6, 6.07) is -1.23. The highest BCUT2D eigenvalue weighted by molar-refractivity contribution is 6.39. The van der Waals surface area contributed by atoms with Crippen molar-refractivity contribution in [2.24, 2.45) is 52.3 Å². The Morgan fingerprint density at radius 2 is 1.49 bits per heavy atom. The molecule has 0 spiro atoms. The Kier molecular flexibility index (Phi) is 32.3. The molecule has 2 bridgehead atoms. The molecule has 25 nitrogen and oxygen atoms in total. The largest absolute Gasteiger partial charge is 0.504 e. The number of methoxy groups -OCH3 is 4. The standard InChI is InChI=1S/C86H127N3O22/c1-17-88(40-39-87(11)12)48-59-73-78(97)77(96)72-60-35-37-68(91)84(60,9)47-67(74(72)85(73,10)69(49-103-13)110-82(59)100)108-71(93)31-24-19-18-23-30-70(92)107-63-36-33-57(44-66(63)105-15)43-53(5)65-46-62(90)52(4)42-55(7)76(95)79(106-16)75(94)54(6)41-50(2)27-21-20-22-28-51(3)64(104-14)45-58-34-32-56(8)86(102,111-58)80(98)81(99)89-38-26-25-29-61(89)83(101)109-65/h20-22,27-28,42,48,50,52-54,56-58,60-61,63-67,69,76,79,95,97,102H,17-19,23-26,29-41,43-47,49H2,1-16H3/b22-20+,27-21+,51-28+,55-42+,59-48-/t50-,52-,53-,54-,56-,57+,58+,60+,61+,63-,64+,65+,66-,67-,69-,76-,79+,84+,85+,86-/m1/s1. The number of hydrogen-bond donors (Lipinski definition) is 3. The number of aliphatic hydroxyl groups excluding tert-OH is 2. The molecule has 0 radical (unpaired) electrons. The number of carbonyl (C=O) groups is 10. The fraction of sp³-hybridized carbons (Fsp3) is 0.721. The van der Waals surface area contributed by atoms with Crippen LogP contribution in [0.15, 0.2) is 81.9 Å². The van der Waals surface area contributed by atoms with E-state index in [0.29, 0.717) is 121 Å². The van der Waals surface area contributed by atoms with Crippen LogP contribution in [0.1, 0.15) is 204 Å². The van der Waals surface area contributed by atoms with E-state index in [-0.39, 0.29) is 104 Å². The molecule has 0 unspecified atom stereocenters. The molecule has 25 heteroatoms. The number of ether oxygens (including phenoxy) is 9. The Labute approximate surface area is 656 Å². The molecule has 4 aliphatic heterocycles. The zero-order chi connectivity index (χ0) is 81.6. The molecule has 5 fully saturated rings. The predicted molar refractivity (Wildman–Crippen MR) is 412 cm³/mol. The molecule has 20 atom stereocenters. The minimum atomic E-state index is -2.50. The third-order valence-corrected chi connectivity index (χ3v) is 25.2. The number of Topliss-reactive ketones (excluding diaryl/α,β-unsaturated/α-hetero) is 5. The molecule has 8 aliphatic rings. The van der Waals surface area contributed by atoms with Crippen LogP contribution >= 0.6 is 0 Å². The number of aliphatic hydroxyl groups is 3. The molecule has 4 heterocycles. The van der Waals surface area contributed by atoms with E-state index in [2.05, 4.69) is 0 Å². The van der Waals surface area contributed by atoms with E-state index in [9.17, 15) is 63.3 Å². The number of unbranched alkanes of at least 4 members (excludes halogenated alkanes) is 3. The van der Waals surface area contributed by atoms with Crippen LogP contribution in [0.25, 0.3) is 0 Å². The van der Waals surface area contributed by atoms with Gasteiger partial charge in [0.25, 0.3) is 11.7 Å². The van der Waals surface area contributed by atoms with Gasteiger partial charge in [0.15, 0.2) is 11.5 Å². The second-order valence-corrected chi connectivity index (χ2v) is 33.5. The Bertz CT molecular complexity index is 3610. The fourth-order valence-corrected chi connectivity index (χ4v) is 18.3. The van der Waals surface area contributed by atoms with E-state index in [0.717, 1.165) is 5.57 Å². The van der Waals surface area contributed by atoms with Crippen molar-refractivity contribution in [3.05, 3.63) is 81.9 Å². The van der Waals surface area contributed by atoms with Gasteiger partial charge in [-0.05, 0) is 160 Å². The molecule has 8 rings (SSSR count). The molecule has 0 aromatic carbocycles. The maximum Gasteiger partial charge on any atom is 0.340 e. The van der Waals surface area contributed by atoms with Crippen molar-refractivity contribution < 1.29 is 106 Å². The zero-order valence-corrected chi connectivity index (χ0v) is 68.7. The van der Waals surface area contributed by atoms with Gasteiger partial charge in [-0.15, -0.1) is 0 Å². The lowest BCUT2D eigenvalue weighted by Gasteiger charge is -2.53. The third-order valence-electron chi connectivity index (χ3n) is 25.2. The van der Waals surface area contributed by atoms with E-state index in [4.69, 9.17) is 42.6 Å². The molecule has 111 heavy (non-hydrogen) atoms. The zero-order valence-electron chi connectivity index (χ0n) is 68.7. The molecular formula is C86H127N3O22. The molecule has 1 amide bonds. The number of cyclic esters (lactones) is 2. The van der Waals surface area contributed by atoms with E-state index >= 15 is 0 Å². The van der Waals surface area contributed by atoms with Gasteiger partial charge in [0.05, 0.1) is 35.9 Å². The van der Waals surface area contributed by atoms with Crippen molar-refractivity contribution in [3.63, 3.8) is 0 Å². The van der Waals surface area contributed by atoms with Gasteiger partial charge in [-0.25, -0.2) is 9.59 Å². The lowest BCUT2D eigenvalue weighted by atomic mass is 9.53. The molecule has 4 aliphatic carbocycles. The maximum atomic E-state index is 14.8. The highest BCUT2D eigenvalue weighted by Gasteiger charge is 2.65. The molecule has 2 saturated carbocycles. The van der Waals surface area contributed by atoms with Crippen LogP contribution in [0.2, 0.25) is 0 Å². The first-order valence-electron chi connectivity index (χ1n) is 40.6.